The Kier molecular flexibility index (Phi) is 5.20. The molecule has 2 aromatic heterocycles. The standard InChI is InChI=1S/C18H16ClN5O/c1-12-8-15(19)2-3-16(12)24-17(25)14-10-22-18(23-11-14)21-9-13-4-6-20-7-5-13/h2-8,10-11H,9H2,1H3,(H,24,25)(H,21,22,23). The van der Waals surface area contributed by atoms with Crippen molar-refractivity contribution in [1.82, 2.24) is 15.0 Å². The molecule has 0 fully saturated rings. The number of nitrogens with zero attached hydrogens (tertiary/aromatic N) is 3. The van der Waals surface area contributed by atoms with Gasteiger partial charge < -0.3 is 10.6 Å². The number of hydrogen-bond acceptors (Lipinski definition) is 5. The van der Waals surface area contributed by atoms with Crippen LogP contribution in [0.5, 0.6) is 0 Å². The summed E-state index contributed by atoms with van der Waals surface area (Å²) in [4.78, 5) is 24.6. The van der Waals surface area contributed by atoms with Gasteiger partial charge in [0.2, 0.25) is 5.95 Å². The predicted octanol–water partition coefficient (Wildman–Crippen LogP) is 3.70. The van der Waals surface area contributed by atoms with Crippen LogP contribution in [0.1, 0.15) is 21.5 Å². The molecule has 1 amide bonds. The number of carbonyl (C=O) groups excluding carboxylic acids is 1. The third-order valence-corrected chi connectivity index (χ3v) is 3.79. The molecule has 3 aromatic rings. The second-order valence-corrected chi connectivity index (χ2v) is 5.85. The molecule has 0 aliphatic heterocycles. The number of amides is 1. The molecule has 0 saturated heterocycles. The highest BCUT2D eigenvalue weighted by Gasteiger charge is 2.09. The largest absolute Gasteiger partial charge is 0.350 e. The van der Waals surface area contributed by atoms with E-state index in [-0.39, 0.29) is 5.91 Å². The van der Waals surface area contributed by atoms with E-state index in [4.69, 9.17) is 11.6 Å². The third kappa shape index (κ3) is 4.51. The minimum atomic E-state index is -0.272. The molecule has 126 valence electrons. The van der Waals surface area contributed by atoms with Gasteiger partial charge in [0, 0.05) is 42.0 Å². The fraction of sp³-hybridized carbons (Fsp3) is 0.111. The summed E-state index contributed by atoms with van der Waals surface area (Å²) in [7, 11) is 0. The first kappa shape index (κ1) is 16.9. The van der Waals surface area contributed by atoms with E-state index in [0.29, 0.717) is 28.8 Å². The van der Waals surface area contributed by atoms with Gasteiger partial charge in [-0.15, -0.1) is 0 Å². The van der Waals surface area contributed by atoms with Crippen molar-refractivity contribution in [3.8, 4) is 0 Å². The predicted molar refractivity (Wildman–Crippen MR) is 97.7 cm³/mol. The van der Waals surface area contributed by atoms with Crippen LogP contribution in [-0.2, 0) is 6.54 Å². The molecule has 0 atom stereocenters. The topological polar surface area (TPSA) is 79.8 Å². The second kappa shape index (κ2) is 7.72. The summed E-state index contributed by atoms with van der Waals surface area (Å²) in [6.45, 7) is 2.46. The molecule has 2 N–H and O–H groups in total. The molecule has 2 heterocycles. The number of nitrogens with one attached hydrogen (secondary N) is 2. The van der Waals surface area contributed by atoms with Gasteiger partial charge in [-0.2, -0.15) is 0 Å². The monoisotopic (exact) mass is 353 g/mol. The van der Waals surface area contributed by atoms with Crippen molar-refractivity contribution < 1.29 is 4.79 Å². The van der Waals surface area contributed by atoms with Crippen molar-refractivity contribution in [3.63, 3.8) is 0 Å². The second-order valence-electron chi connectivity index (χ2n) is 5.42. The minimum absolute atomic E-state index is 0.272. The summed E-state index contributed by atoms with van der Waals surface area (Å²) in [5.74, 6) is 0.183. The van der Waals surface area contributed by atoms with Gasteiger partial charge >= 0.3 is 0 Å². The Morgan fingerprint density at radius 1 is 1.12 bits per heavy atom. The molecule has 0 aliphatic carbocycles. The summed E-state index contributed by atoms with van der Waals surface area (Å²) in [5.41, 5.74) is 3.04. The summed E-state index contributed by atoms with van der Waals surface area (Å²) in [6, 6.07) is 9.10. The van der Waals surface area contributed by atoms with Gasteiger partial charge in [-0.3, -0.25) is 9.78 Å². The molecular formula is C18H16ClN5O. The molecule has 3 rings (SSSR count). The molecule has 0 radical (unpaired) electrons. The van der Waals surface area contributed by atoms with Crippen LogP contribution in [0.2, 0.25) is 5.02 Å². The highest BCUT2D eigenvalue weighted by molar-refractivity contribution is 6.30. The maximum absolute atomic E-state index is 12.3. The number of rotatable bonds is 5. The number of aromatic nitrogens is 3. The molecule has 0 spiro atoms. The molecule has 0 saturated carbocycles. The lowest BCUT2D eigenvalue weighted by Crippen LogP contribution is -2.14. The number of hydrogen-bond donors (Lipinski definition) is 2. The van der Waals surface area contributed by atoms with Crippen molar-refractivity contribution in [2.75, 3.05) is 10.6 Å². The molecule has 0 unspecified atom stereocenters. The van der Waals surface area contributed by atoms with Crippen LogP contribution in [0.15, 0.2) is 55.1 Å². The zero-order valence-electron chi connectivity index (χ0n) is 13.5. The van der Waals surface area contributed by atoms with Crippen LogP contribution < -0.4 is 10.6 Å². The highest BCUT2D eigenvalue weighted by Crippen LogP contribution is 2.20. The zero-order chi connectivity index (χ0) is 17.6. The first-order valence-electron chi connectivity index (χ1n) is 7.64. The summed E-state index contributed by atoms with van der Waals surface area (Å²) < 4.78 is 0. The lowest BCUT2D eigenvalue weighted by Gasteiger charge is -2.09. The van der Waals surface area contributed by atoms with Crippen LogP contribution in [0, 0.1) is 6.92 Å². The van der Waals surface area contributed by atoms with Gasteiger partial charge in [-0.25, -0.2) is 9.97 Å². The van der Waals surface area contributed by atoms with Gasteiger partial charge in [0.05, 0.1) is 5.56 Å². The quantitative estimate of drug-likeness (QED) is 0.731. The molecular weight excluding hydrogens is 338 g/mol. The van der Waals surface area contributed by atoms with E-state index >= 15 is 0 Å². The molecule has 25 heavy (non-hydrogen) atoms. The minimum Gasteiger partial charge on any atom is -0.350 e. The molecule has 0 aliphatic rings. The molecule has 7 heteroatoms. The maximum Gasteiger partial charge on any atom is 0.258 e. The molecule has 0 bridgehead atoms. The molecule has 1 aromatic carbocycles. The van der Waals surface area contributed by atoms with Crippen LogP contribution in [0.4, 0.5) is 11.6 Å². The van der Waals surface area contributed by atoms with Crippen LogP contribution in [0.25, 0.3) is 0 Å². The van der Waals surface area contributed by atoms with Crippen molar-refractivity contribution in [1.29, 1.82) is 0 Å². The van der Waals surface area contributed by atoms with E-state index in [0.717, 1.165) is 11.1 Å². The van der Waals surface area contributed by atoms with Crippen LogP contribution in [-0.4, -0.2) is 20.9 Å². The van der Waals surface area contributed by atoms with Crippen LogP contribution in [0.3, 0.4) is 0 Å². The normalized spacial score (nSPS) is 10.3. The first-order valence-corrected chi connectivity index (χ1v) is 8.02. The lowest BCUT2D eigenvalue weighted by molar-refractivity contribution is 0.102. The Hall–Kier alpha value is -2.99. The first-order chi connectivity index (χ1) is 12.1. The van der Waals surface area contributed by atoms with E-state index in [1.165, 1.54) is 12.4 Å². The fourth-order valence-electron chi connectivity index (χ4n) is 2.18. The molecule has 6 nitrogen and oxygen atoms in total. The smallest absolute Gasteiger partial charge is 0.258 e. The average molecular weight is 354 g/mol. The van der Waals surface area contributed by atoms with Gasteiger partial charge in [-0.05, 0) is 48.4 Å². The van der Waals surface area contributed by atoms with Crippen molar-refractivity contribution in [2.24, 2.45) is 0 Å². The number of benzene rings is 1. The Bertz CT molecular complexity index is 868. The summed E-state index contributed by atoms with van der Waals surface area (Å²) in [5, 5.41) is 6.55. The SMILES string of the molecule is Cc1cc(Cl)ccc1NC(=O)c1cnc(NCc2ccncc2)nc1. The van der Waals surface area contributed by atoms with E-state index in [1.54, 1.807) is 30.6 Å². The van der Waals surface area contributed by atoms with Gasteiger partial charge in [0.1, 0.15) is 0 Å². The van der Waals surface area contributed by atoms with Gasteiger partial charge in [-0.1, -0.05) is 11.6 Å². The number of pyridine rings is 1. The van der Waals surface area contributed by atoms with E-state index in [1.807, 2.05) is 19.1 Å². The number of aryl methyl sites for hydroxylation is 1. The number of halogens is 1. The average Bonchev–Trinajstić information content (AvgIpc) is 2.63. The Labute approximate surface area is 150 Å². The number of carbonyl (C=O) groups is 1. The fourth-order valence-corrected chi connectivity index (χ4v) is 2.41. The Balaban J connectivity index is 1.62. The van der Waals surface area contributed by atoms with Crippen molar-refractivity contribution >= 4 is 29.1 Å². The van der Waals surface area contributed by atoms with Gasteiger partial charge in [0.25, 0.3) is 5.91 Å². The highest BCUT2D eigenvalue weighted by atomic mass is 35.5. The van der Waals surface area contributed by atoms with Crippen molar-refractivity contribution in [2.45, 2.75) is 13.5 Å². The third-order valence-electron chi connectivity index (χ3n) is 3.55. The van der Waals surface area contributed by atoms with E-state index in [9.17, 15) is 4.79 Å². The van der Waals surface area contributed by atoms with E-state index in [2.05, 4.69) is 25.6 Å². The van der Waals surface area contributed by atoms with Gasteiger partial charge in [0.15, 0.2) is 0 Å². The Morgan fingerprint density at radius 2 is 1.84 bits per heavy atom. The van der Waals surface area contributed by atoms with Crippen molar-refractivity contribution in [3.05, 3.63) is 76.8 Å². The summed E-state index contributed by atoms with van der Waals surface area (Å²) in [6.07, 6.45) is 6.43. The summed E-state index contributed by atoms with van der Waals surface area (Å²) >= 11 is 5.92. The lowest BCUT2D eigenvalue weighted by atomic mass is 10.2. The van der Waals surface area contributed by atoms with E-state index < -0.39 is 0 Å². The number of anilines is 2. The van der Waals surface area contributed by atoms with Crippen LogP contribution >= 0.6 is 11.6 Å². The zero-order valence-corrected chi connectivity index (χ0v) is 14.3. The maximum atomic E-state index is 12.3. The Morgan fingerprint density at radius 3 is 2.52 bits per heavy atom.